The lowest BCUT2D eigenvalue weighted by atomic mass is 10.1. The third kappa shape index (κ3) is 5.37. The Hall–Kier alpha value is -3.82. The van der Waals surface area contributed by atoms with Gasteiger partial charge in [-0.25, -0.2) is 9.48 Å². The fourth-order valence-corrected chi connectivity index (χ4v) is 2.73. The molecule has 2 aromatic carbocycles. The molecule has 0 unspecified atom stereocenters. The van der Waals surface area contributed by atoms with E-state index in [1.54, 1.807) is 36.5 Å². The molecule has 156 valence electrons. The first-order chi connectivity index (χ1) is 14.2. The van der Waals surface area contributed by atoms with E-state index in [9.17, 15) is 22.8 Å². The van der Waals surface area contributed by atoms with Crippen molar-refractivity contribution in [2.24, 2.45) is 0 Å². The quantitative estimate of drug-likeness (QED) is 0.582. The molecule has 0 aliphatic rings. The highest BCUT2D eigenvalue weighted by atomic mass is 19.4. The van der Waals surface area contributed by atoms with Crippen LogP contribution >= 0.6 is 0 Å². The van der Waals surface area contributed by atoms with Crippen LogP contribution in [0.5, 0.6) is 0 Å². The van der Waals surface area contributed by atoms with Crippen molar-refractivity contribution in [2.75, 3.05) is 10.6 Å². The molecule has 30 heavy (non-hydrogen) atoms. The summed E-state index contributed by atoms with van der Waals surface area (Å²) >= 11 is 0. The van der Waals surface area contributed by atoms with Crippen molar-refractivity contribution in [1.82, 2.24) is 15.1 Å². The van der Waals surface area contributed by atoms with Crippen molar-refractivity contribution in [3.05, 3.63) is 72.1 Å². The molecule has 10 heteroatoms. The van der Waals surface area contributed by atoms with Gasteiger partial charge >= 0.3 is 12.2 Å². The number of nitrogens with one attached hydrogen (secondary N) is 3. The molecule has 3 aromatic rings. The van der Waals surface area contributed by atoms with Crippen LogP contribution in [0, 0.1) is 0 Å². The highest BCUT2D eigenvalue weighted by molar-refractivity contribution is 5.92. The van der Waals surface area contributed by atoms with E-state index in [1.165, 1.54) is 23.9 Å². The summed E-state index contributed by atoms with van der Waals surface area (Å²) in [5.74, 6) is -0.228. The molecule has 0 fully saturated rings. The number of hydrogen-bond donors (Lipinski definition) is 3. The first kappa shape index (κ1) is 20.9. The van der Waals surface area contributed by atoms with E-state index in [0.717, 1.165) is 12.1 Å². The molecular formula is C20H18F3N5O2. The van der Waals surface area contributed by atoms with E-state index >= 15 is 0 Å². The molecular weight excluding hydrogens is 399 g/mol. The summed E-state index contributed by atoms with van der Waals surface area (Å²) in [6.07, 6.45) is -1.53. The number of nitrogens with zero attached hydrogens (tertiary/aromatic N) is 2. The Morgan fingerprint density at radius 2 is 1.87 bits per heavy atom. The van der Waals surface area contributed by atoms with Gasteiger partial charge in [0.05, 0.1) is 16.9 Å². The summed E-state index contributed by atoms with van der Waals surface area (Å²) in [7, 11) is 0. The number of amides is 3. The normalized spacial score (nSPS) is 11.1. The predicted octanol–water partition coefficient (Wildman–Crippen LogP) is 4.17. The van der Waals surface area contributed by atoms with E-state index in [1.807, 2.05) is 0 Å². The van der Waals surface area contributed by atoms with Crippen molar-refractivity contribution in [3.63, 3.8) is 0 Å². The van der Waals surface area contributed by atoms with Crippen molar-refractivity contribution in [3.8, 4) is 5.69 Å². The standard InChI is InChI=1S/C20H18F3N5O2/c1-13(29)26-16-5-2-4-14(10-16)12-24-19(30)27-17-11-15(20(21,22)23)6-7-18(17)28-9-3-8-25-28/h2-11H,12H2,1H3,(H,26,29)(H2,24,27,30). The monoisotopic (exact) mass is 417 g/mol. The van der Waals surface area contributed by atoms with E-state index in [4.69, 9.17) is 0 Å². The molecule has 1 aromatic heterocycles. The van der Waals surface area contributed by atoms with Crippen molar-refractivity contribution >= 4 is 23.3 Å². The van der Waals surface area contributed by atoms with Gasteiger partial charge in [0.2, 0.25) is 5.91 Å². The fraction of sp³-hybridized carbons (Fsp3) is 0.150. The third-order valence-corrected chi connectivity index (χ3v) is 4.02. The van der Waals surface area contributed by atoms with Gasteiger partial charge in [-0.3, -0.25) is 4.79 Å². The minimum absolute atomic E-state index is 0.0435. The van der Waals surface area contributed by atoms with Crippen LogP contribution in [-0.2, 0) is 17.5 Å². The van der Waals surface area contributed by atoms with Crippen LogP contribution in [0.15, 0.2) is 60.9 Å². The maximum Gasteiger partial charge on any atom is 0.416 e. The number of rotatable bonds is 5. The topological polar surface area (TPSA) is 88.0 Å². The summed E-state index contributed by atoms with van der Waals surface area (Å²) in [6.45, 7) is 1.49. The molecule has 0 saturated carbocycles. The molecule has 0 saturated heterocycles. The Kier molecular flexibility index (Phi) is 6.05. The number of benzene rings is 2. The van der Waals surface area contributed by atoms with Gasteiger partial charge in [0, 0.05) is 31.5 Å². The van der Waals surface area contributed by atoms with Gasteiger partial charge < -0.3 is 16.0 Å². The number of halogens is 3. The SMILES string of the molecule is CC(=O)Nc1cccc(CNC(=O)Nc2cc(C(F)(F)F)ccc2-n2cccn2)c1. The number of alkyl halides is 3. The first-order valence-corrected chi connectivity index (χ1v) is 8.85. The second kappa shape index (κ2) is 8.68. The van der Waals surface area contributed by atoms with Crippen LogP contribution < -0.4 is 16.0 Å². The summed E-state index contributed by atoms with van der Waals surface area (Å²) in [6, 6.07) is 10.8. The molecule has 3 amide bonds. The minimum Gasteiger partial charge on any atom is -0.334 e. The first-order valence-electron chi connectivity index (χ1n) is 8.85. The van der Waals surface area contributed by atoms with Crippen molar-refractivity contribution in [2.45, 2.75) is 19.6 Å². The maximum absolute atomic E-state index is 13.1. The molecule has 0 spiro atoms. The summed E-state index contributed by atoms with van der Waals surface area (Å²) < 4.78 is 40.6. The predicted molar refractivity (Wildman–Crippen MR) is 105 cm³/mol. The number of carbonyl (C=O) groups excluding carboxylic acids is 2. The van der Waals surface area contributed by atoms with Gasteiger partial charge in [-0.05, 0) is 42.0 Å². The van der Waals surface area contributed by atoms with Gasteiger partial charge in [0.1, 0.15) is 0 Å². The molecule has 0 radical (unpaired) electrons. The molecule has 7 nitrogen and oxygen atoms in total. The van der Waals surface area contributed by atoms with Crippen LogP contribution in [0.1, 0.15) is 18.1 Å². The second-order valence-electron chi connectivity index (χ2n) is 6.37. The second-order valence-corrected chi connectivity index (χ2v) is 6.37. The Balaban J connectivity index is 1.75. The van der Waals surface area contributed by atoms with Crippen molar-refractivity contribution < 1.29 is 22.8 Å². The van der Waals surface area contributed by atoms with Gasteiger partial charge in [0.25, 0.3) is 0 Å². The zero-order valence-corrected chi connectivity index (χ0v) is 15.8. The van der Waals surface area contributed by atoms with E-state index < -0.39 is 17.8 Å². The zero-order valence-electron chi connectivity index (χ0n) is 15.8. The molecule has 0 bridgehead atoms. The fourth-order valence-electron chi connectivity index (χ4n) is 2.73. The summed E-state index contributed by atoms with van der Waals surface area (Å²) in [4.78, 5) is 23.5. The number of aromatic nitrogens is 2. The highest BCUT2D eigenvalue weighted by Crippen LogP contribution is 2.33. The van der Waals surface area contributed by atoms with Crippen molar-refractivity contribution in [1.29, 1.82) is 0 Å². The Morgan fingerprint density at radius 3 is 2.53 bits per heavy atom. The number of anilines is 2. The maximum atomic E-state index is 13.1. The van der Waals surface area contributed by atoms with E-state index in [0.29, 0.717) is 11.3 Å². The molecule has 0 atom stereocenters. The van der Waals surface area contributed by atoms with Crippen LogP contribution in [-0.4, -0.2) is 21.7 Å². The molecule has 3 N–H and O–H groups in total. The van der Waals surface area contributed by atoms with E-state index in [2.05, 4.69) is 21.0 Å². The lowest BCUT2D eigenvalue weighted by Crippen LogP contribution is -2.29. The molecule has 1 heterocycles. The van der Waals surface area contributed by atoms with Gasteiger partial charge in [0.15, 0.2) is 0 Å². The average molecular weight is 417 g/mol. The zero-order chi connectivity index (χ0) is 21.7. The van der Waals surface area contributed by atoms with Crippen LogP contribution in [0.2, 0.25) is 0 Å². The Bertz CT molecular complexity index is 1050. The van der Waals surface area contributed by atoms with Crippen LogP contribution in [0.3, 0.4) is 0 Å². The lowest BCUT2D eigenvalue weighted by Gasteiger charge is -2.15. The molecule has 0 aliphatic heterocycles. The molecule has 3 rings (SSSR count). The summed E-state index contributed by atoms with van der Waals surface area (Å²) in [5.41, 5.74) is 0.624. The Morgan fingerprint density at radius 1 is 1.07 bits per heavy atom. The number of carbonyl (C=O) groups is 2. The average Bonchev–Trinajstić information content (AvgIpc) is 3.20. The highest BCUT2D eigenvalue weighted by Gasteiger charge is 2.31. The van der Waals surface area contributed by atoms with E-state index in [-0.39, 0.29) is 23.8 Å². The van der Waals surface area contributed by atoms with Gasteiger partial charge in [-0.2, -0.15) is 18.3 Å². The number of urea groups is 1. The third-order valence-electron chi connectivity index (χ3n) is 4.02. The van der Waals surface area contributed by atoms with Gasteiger partial charge in [-0.15, -0.1) is 0 Å². The largest absolute Gasteiger partial charge is 0.416 e. The van der Waals surface area contributed by atoms with Crippen LogP contribution in [0.4, 0.5) is 29.3 Å². The minimum atomic E-state index is -4.56. The smallest absolute Gasteiger partial charge is 0.334 e. The summed E-state index contributed by atoms with van der Waals surface area (Å²) in [5, 5.41) is 11.7. The van der Waals surface area contributed by atoms with Crippen LogP contribution in [0.25, 0.3) is 5.69 Å². The lowest BCUT2D eigenvalue weighted by molar-refractivity contribution is -0.137. The molecule has 0 aliphatic carbocycles. The Labute approximate surface area is 169 Å². The van der Waals surface area contributed by atoms with Gasteiger partial charge in [-0.1, -0.05) is 12.1 Å². The number of hydrogen-bond acceptors (Lipinski definition) is 3.